The second-order valence-corrected chi connectivity index (χ2v) is 6.59. The van der Waals surface area contributed by atoms with Crippen LogP contribution < -0.4 is 0 Å². The third-order valence-corrected chi connectivity index (χ3v) is 4.83. The summed E-state index contributed by atoms with van der Waals surface area (Å²) in [5, 5.41) is 2.84. The third-order valence-electron chi connectivity index (χ3n) is 4.02. The number of thiazole rings is 1. The summed E-state index contributed by atoms with van der Waals surface area (Å²) in [5.41, 5.74) is 2.83. The van der Waals surface area contributed by atoms with E-state index in [0.29, 0.717) is 12.3 Å². The fraction of sp³-hybridized carbons (Fsp3) is 0.235. The van der Waals surface area contributed by atoms with Crippen LogP contribution >= 0.6 is 11.3 Å². The van der Waals surface area contributed by atoms with Crippen molar-refractivity contribution in [3.63, 3.8) is 0 Å². The molecule has 0 fully saturated rings. The summed E-state index contributed by atoms with van der Waals surface area (Å²) in [7, 11) is 0. The van der Waals surface area contributed by atoms with Gasteiger partial charge >= 0.3 is 0 Å². The van der Waals surface area contributed by atoms with Gasteiger partial charge in [-0.25, -0.2) is 9.97 Å². The van der Waals surface area contributed by atoms with Crippen LogP contribution in [0.2, 0.25) is 0 Å². The van der Waals surface area contributed by atoms with E-state index in [9.17, 15) is 4.79 Å². The number of nitrogens with zero attached hydrogens (tertiary/aromatic N) is 3. The molecule has 1 unspecified atom stereocenters. The summed E-state index contributed by atoms with van der Waals surface area (Å²) >= 11 is 1.56. The molecule has 0 spiro atoms. The van der Waals surface area contributed by atoms with Crippen LogP contribution in [-0.2, 0) is 6.42 Å². The maximum atomic E-state index is 12.6. The summed E-state index contributed by atoms with van der Waals surface area (Å²) in [4.78, 5) is 21.4. The van der Waals surface area contributed by atoms with E-state index in [0.717, 1.165) is 34.1 Å². The highest BCUT2D eigenvalue weighted by Crippen LogP contribution is 2.37. The second-order valence-electron chi connectivity index (χ2n) is 5.70. The highest BCUT2D eigenvalue weighted by atomic mass is 32.1. The van der Waals surface area contributed by atoms with Crippen LogP contribution in [0.25, 0.3) is 16.4 Å². The molecule has 0 aromatic carbocycles. The minimum Gasteiger partial charge on any atom is -0.304 e. The van der Waals surface area contributed by atoms with Gasteiger partial charge in [-0.3, -0.25) is 4.79 Å². The van der Waals surface area contributed by atoms with Crippen LogP contribution in [0.3, 0.4) is 0 Å². The average molecular weight is 309 g/mol. The monoisotopic (exact) mass is 309 g/mol. The van der Waals surface area contributed by atoms with Gasteiger partial charge in [0.05, 0.1) is 0 Å². The molecule has 3 aromatic heterocycles. The van der Waals surface area contributed by atoms with Crippen molar-refractivity contribution in [1.82, 2.24) is 14.5 Å². The summed E-state index contributed by atoms with van der Waals surface area (Å²) in [6, 6.07) is 5.83. The van der Waals surface area contributed by atoms with Crippen molar-refractivity contribution in [2.45, 2.75) is 19.8 Å². The number of fused-ring (bicyclic) bond motifs is 1. The maximum Gasteiger partial charge on any atom is 0.165 e. The Balaban J connectivity index is 1.97. The molecule has 0 radical (unpaired) electrons. The van der Waals surface area contributed by atoms with E-state index in [4.69, 9.17) is 0 Å². The van der Waals surface area contributed by atoms with Gasteiger partial charge in [-0.15, -0.1) is 11.3 Å². The molecular weight excluding hydrogens is 294 g/mol. The molecule has 3 heterocycles. The van der Waals surface area contributed by atoms with Crippen molar-refractivity contribution < 1.29 is 4.79 Å². The Bertz CT molecular complexity index is 821. The number of pyridine rings is 1. The zero-order chi connectivity index (χ0) is 15.1. The van der Waals surface area contributed by atoms with Gasteiger partial charge < -0.3 is 4.57 Å². The van der Waals surface area contributed by atoms with Gasteiger partial charge in [0.15, 0.2) is 5.78 Å². The summed E-state index contributed by atoms with van der Waals surface area (Å²) < 4.78 is 2.06. The molecule has 1 aliphatic carbocycles. The average Bonchev–Trinajstić information content (AvgIpc) is 3.15. The quantitative estimate of drug-likeness (QED) is 0.724. The van der Waals surface area contributed by atoms with Crippen molar-refractivity contribution >= 4 is 17.1 Å². The van der Waals surface area contributed by atoms with E-state index < -0.39 is 0 Å². The third kappa shape index (κ3) is 2.09. The second kappa shape index (κ2) is 5.18. The van der Waals surface area contributed by atoms with Gasteiger partial charge in [0.2, 0.25) is 0 Å². The van der Waals surface area contributed by atoms with Crippen molar-refractivity contribution in [2.24, 2.45) is 5.92 Å². The van der Waals surface area contributed by atoms with Crippen LogP contribution in [0, 0.1) is 5.92 Å². The number of hydrogen-bond donors (Lipinski definition) is 0. The van der Waals surface area contributed by atoms with E-state index in [1.807, 2.05) is 29.8 Å². The van der Waals surface area contributed by atoms with E-state index in [1.54, 1.807) is 23.7 Å². The highest BCUT2D eigenvalue weighted by Gasteiger charge is 2.30. The van der Waals surface area contributed by atoms with Gasteiger partial charge in [0, 0.05) is 47.2 Å². The molecule has 4 rings (SSSR count). The molecule has 0 bridgehead atoms. The van der Waals surface area contributed by atoms with E-state index in [1.165, 1.54) is 0 Å². The Kier molecular flexibility index (Phi) is 3.15. The number of carbonyl (C=O) groups is 1. The first kappa shape index (κ1) is 13.4. The number of rotatable bonds is 2. The van der Waals surface area contributed by atoms with Crippen molar-refractivity contribution in [3.05, 3.63) is 53.4 Å². The SMILES string of the molecule is CC1CC(=O)c2c(-c3nccs3)cn(-c3ccccn3)c2C1. The van der Waals surface area contributed by atoms with E-state index in [2.05, 4.69) is 21.5 Å². The minimum atomic E-state index is 0.216. The lowest BCUT2D eigenvalue weighted by Gasteiger charge is -2.20. The first-order chi connectivity index (χ1) is 10.7. The molecular formula is C17H15N3OS. The van der Waals surface area contributed by atoms with Crippen molar-refractivity contribution in [2.75, 3.05) is 0 Å². The topological polar surface area (TPSA) is 47.8 Å². The lowest BCUT2D eigenvalue weighted by Crippen LogP contribution is -2.19. The molecule has 5 heteroatoms. The molecule has 22 heavy (non-hydrogen) atoms. The predicted octanol–water partition coefficient (Wildman–Crippen LogP) is 3.76. The highest BCUT2D eigenvalue weighted by molar-refractivity contribution is 7.13. The van der Waals surface area contributed by atoms with Gasteiger partial charge in [-0.05, 0) is 24.5 Å². The van der Waals surface area contributed by atoms with Crippen molar-refractivity contribution in [3.8, 4) is 16.4 Å². The van der Waals surface area contributed by atoms with E-state index in [-0.39, 0.29) is 5.78 Å². The zero-order valence-electron chi connectivity index (χ0n) is 12.2. The molecule has 1 atom stereocenters. The van der Waals surface area contributed by atoms with Crippen molar-refractivity contribution in [1.29, 1.82) is 0 Å². The number of hydrogen-bond acceptors (Lipinski definition) is 4. The molecule has 0 N–H and O–H groups in total. The summed E-state index contributed by atoms with van der Waals surface area (Å²) in [5.74, 6) is 1.43. The van der Waals surface area contributed by atoms with Gasteiger partial charge in [-0.1, -0.05) is 13.0 Å². The Morgan fingerprint density at radius 2 is 2.14 bits per heavy atom. The van der Waals surface area contributed by atoms with Crippen LogP contribution in [0.15, 0.2) is 42.2 Å². The summed E-state index contributed by atoms with van der Waals surface area (Å²) in [6.07, 6.45) is 7.07. The molecule has 0 saturated heterocycles. The Morgan fingerprint density at radius 1 is 1.23 bits per heavy atom. The molecule has 3 aromatic rings. The zero-order valence-corrected chi connectivity index (χ0v) is 13.0. The lowest BCUT2D eigenvalue weighted by molar-refractivity contribution is 0.0953. The Morgan fingerprint density at radius 3 is 2.86 bits per heavy atom. The number of carbonyl (C=O) groups excluding carboxylic acids is 1. The minimum absolute atomic E-state index is 0.216. The molecule has 0 amide bonds. The predicted molar refractivity (Wildman–Crippen MR) is 86.5 cm³/mol. The molecule has 0 saturated carbocycles. The number of ketones is 1. The van der Waals surface area contributed by atoms with Crippen LogP contribution in [0.1, 0.15) is 29.4 Å². The van der Waals surface area contributed by atoms with Gasteiger partial charge in [0.25, 0.3) is 0 Å². The first-order valence-electron chi connectivity index (χ1n) is 7.32. The lowest BCUT2D eigenvalue weighted by atomic mass is 9.86. The van der Waals surface area contributed by atoms with Crippen LogP contribution in [-0.4, -0.2) is 20.3 Å². The van der Waals surface area contributed by atoms with Crippen LogP contribution in [0.5, 0.6) is 0 Å². The molecule has 0 aliphatic heterocycles. The smallest absolute Gasteiger partial charge is 0.165 e. The first-order valence-corrected chi connectivity index (χ1v) is 8.20. The molecule has 1 aliphatic rings. The van der Waals surface area contributed by atoms with Gasteiger partial charge in [0.1, 0.15) is 10.8 Å². The maximum absolute atomic E-state index is 12.6. The normalized spacial score (nSPS) is 17.5. The fourth-order valence-electron chi connectivity index (χ4n) is 3.10. The molecule has 110 valence electrons. The van der Waals surface area contributed by atoms with Crippen LogP contribution in [0.4, 0.5) is 0 Å². The van der Waals surface area contributed by atoms with Gasteiger partial charge in [-0.2, -0.15) is 0 Å². The van der Waals surface area contributed by atoms with E-state index >= 15 is 0 Å². The largest absolute Gasteiger partial charge is 0.304 e. The fourth-order valence-corrected chi connectivity index (χ4v) is 3.75. The number of aromatic nitrogens is 3. The Hall–Kier alpha value is -2.27. The number of Topliss-reactive ketones (excluding diaryl/α,β-unsaturated/α-hetero) is 1. The molecule has 4 nitrogen and oxygen atoms in total. The standard InChI is InChI=1S/C17H15N3OS/c1-11-8-13-16(14(21)9-11)12(17-19-6-7-22-17)10-20(13)15-4-2-3-5-18-15/h2-7,10-11H,8-9H2,1H3. The summed E-state index contributed by atoms with van der Waals surface area (Å²) in [6.45, 7) is 2.12. The Labute approximate surface area is 132 Å².